The topological polar surface area (TPSA) is 78.4 Å². The molecule has 1 aromatic heterocycles. The molecule has 3 N–H and O–H groups in total. The number of thiophene rings is 1. The van der Waals surface area contributed by atoms with Gasteiger partial charge >= 0.3 is 11.8 Å². The minimum Gasteiger partial charge on any atom is -0.382 e. The fourth-order valence-electron chi connectivity index (χ4n) is 2.83. The molecule has 1 heterocycles. The number of aryl methyl sites for hydroxylation is 1. The SMILES string of the molecule is CCc1ccc(NC(=O)C(=O)NCC(O)(c2cccs2)C2CC2)cc1. The fourth-order valence-corrected chi connectivity index (χ4v) is 3.73. The molecule has 1 unspecified atom stereocenters. The maximum atomic E-state index is 12.1. The van der Waals surface area contributed by atoms with Crippen LogP contribution in [0.2, 0.25) is 0 Å². The molecule has 2 amide bonds. The van der Waals surface area contributed by atoms with Crippen LogP contribution in [0, 0.1) is 5.92 Å². The van der Waals surface area contributed by atoms with Crippen LogP contribution in [0.15, 0.2) is 41.8 Å². The lowest BCUT2D eigenvalue weighted by atomic mass is 9.95. The number of rotatable bonds is 6. The van der Waals surface area contributed by atoms with Crippen molar-refractivity contribution in [1.82, 2.24) is 5.32 Å². The first-order chi connectivity index (χ1) is 12.0. The summed E-state index contributed by atoms with van der Waals surface area (Å²) in [5.41, 5.74) is 0.647. The Morgan fingerprint density at radius 1 is 1.20 bits per heavy atom. The Hall–Kier alpha value is -2.18. The third-order valence-electron chi connectivity index (χ3n) is 4.55. The Balaban J connectivity index is 1.58. The van der Waals surface area contributed by atoms with Crippen molar-refractivity contribution in [3.8, 4) is 0 Å². The van der Waals surface area contributed by atoms with E-state index < -0.39 is 17.4 Å². The van der Waals surface area contributed by atoms with E-state index in [2.05, 4.69) is 17.6 Å². The molecule has 0 saturated heterocycles. The van der Waals surface area contributed by atoms with Crippen LogP contribution < -0.4 is 10.6 Å². The molecule has 0 aliphatic heterocycles. The van der Waals surface area contributed by atoms with E-state index in [1.54, 1.807) is 12.1 Å². The quantitative estimate of drug-likeness (QED) is 0.695. The average Bonchev–Trinajstić information content (AvgIpc) is 3.34. The Morgan fingerprint density at radius 3 is 2.48 bits per heavy atom. The van der Waals surface area contributed by atoms with Gasteiger partial charge in [-0.2, -0.15) is 0 Å². The molecule has 0 radical (unpaired) electrons. The molecule has 6 heteroatoms. The highest BCUT2D eigenvalue weighted by Crippen LogP contribution is 2.46. The van der Waals surface area contributed by atoms with Gasteiger partial charge in [0, 0.05) is 10.6 Å². The average molecular weight is 358 g/mol. The number of nitrogens with one attached hydrogen (secondary N) is 2. The van der Waals surface area contributed by atoms with Gasteiger partial charge in [-0.05, 0) is 54.3 Å². The lowest BCUT2D eigenvalue weighted by molar-refractivity contribution is -0.137. The van der Waals surface area contributed by atoms with E-state index >= 15 is 0 Å². The summed E-state index contributed by atoms with van der Waals surface area (Å²) in [7, 11) is 0. The molecule has 5 nitrogen and oxygen atoms in total. The van der Waals surface area contributed by atoms with E-state index in [1.807, 2.05) is 29.6 Å². The van der Waals surface area contributed by atoms with Crippen LogP contribution in [0.3, 0.4) is 0 Å². The zero-order valence-corrected chi connectivity index (χ0v) is 14.9. The fraction of sp³-hybridized carbons (Fsp3) is 0.368. The zero-order chi connectivity index (χ0) is 17.9. The first-order valence-corrected chi connectivity index (χ1v) is 9.35. The van der Waals surface area contributed by atoms with Crippen LogP contribution >= 0.6 is 11.3 Å². The summed E-state index contributed by atoms with van der Waals surface area (Å²) < 4.78 is 0. The Bertz CT molecular complexity index is 739. The maximum Gasteiger partial charge on any atom is 0.313 e. The first kappa shape index (κ1) is 17.6. The highest BCUT2D eigenvalue weighted by molar-refractivity contribution is 7.10. The number of benzene rings is 1. The molecule has 1 aromatic carbocycles. The monoisotopic (exact) mass is 358 g/mol. The van der Waals surface area contributed by atoms with E-state index in [0.717, 1.165) is 29.7 Å². The molecule has 1 fully saturated rings. The van der Waals surface area contributed by atoms with Crippen molar-refractivity contribution in [3.63, 3.8) is 0 Å². The summed E-state index contributed by atoms with van der Waals surface area (Å²) in [6, 6.07) is 11.1. The second kappa shape index (κ2) is 7.37. The standard InChI is InChI=1S/C19H22N2O3S/c1-2-13-5-9-15(10-6-13)21-18(23)17(22)20-12-19(24,14-7-8-14)16-4-3-11-25-16/h3-6,9-11,14,24H,2,7-8,12H2,1H3,(H,20,22)(H,21,23). The molecular weight excluding hydrogens is 336 g/mol. The number of aliphatic hydroxyl groups is 1. The number of amides is 2. The Labute approximate surface area is 151 Å². The minimum absolute atomic E-state index is 0.0409. The molecule has 0 bridgehead atoms. The summed E-state index contributed by atoms with van der Waals surface area (Å²) in [5, 5.41) is 18.0. The van der Waals surface area contributed by atoms with Gasteiger partial charge in [0.15, 0.2) is 0 Å². The Morgan fingerprint density at radius 2 is 1.92 bits per heavy atom. The lowest BCUT2D eigenvalue weighted by Gasteiger charge is -2.27. The smallest absolute Gasteiger partial charge is 0.313 e. The van der Waals surface area contributed by atoms with Gasteiger partial charge in [0.2, 0.25) is 0 Å². The number of anilines is 1. The molecule has 1 atom stereocenters. The lowest BCUT2D eigenvalue weighted by Crippen LogP contribution is -2.45. The van der Waals surface area contributed by atoms with Crippen molar-refractivity contribution in [2.75, 3.05) is 11.9 Å². The van der Waals surface area contributed by atoms with Crippen molar-refractivity contribution < 1.29 is 14.7 Å². The predicted molar refractivity (Wildman–Crippen MR) is 98.4 cm³/mol. The molecule has 25 heavy (non-hydrogen) atoms. The molecule has 3 rings (SSSR count). The van der Waals surface area contributed by atoms with Crippen molar-refractivity contribution in [3.05, 3.63) is 52.2 Å². The van der Waals surface area contributed by atoms with Crippen LogP contribution in [0.25, 0.3) is 0 Å². The Kier molecular flexibility index (Phi) is 5.20. The van der Waals surface area contributed by atoms with Crippen molar-refractivity contribution in [2.24, 2.45) is 5.92 Å². The van der Waals surface area contributed by atoms with Gasteiger partial charge in [-0.3, -0.25) is 9.59 Å². The summed E-state index contributed by atoms with van der Waals surface area (Å²) in [4.78, 5) is 25.0. The van der Waals surface area contributed by atoms with Crippen LogP contribution in [0.4, 0.5) is 5.69 Å². The van der Waals surface area contributed by atoms with Crippen LogP contribution in [-0.4, -0.2) is 23.5 Å². The van der Waals surface area contributed by atoms with Crippen LogP contribution in [0.1, 0.15) is 30.2 Å². The first-order valence-electron chi connectivity index (χ1n) is 8.47. The van der Waals surface area contributed by atoms with Gasteiger partial charge in [0.25, 0.3) is 0 Å². The summed E-state index contributed by atoms with van der Waals surface area (Å²) in [6.07, 6.45) is 2.78. The van der Waals surface area contributed by atoms with Gasteiger partial charge in [-0.1, -0.05) is 25.1 Å². The van der Waals surface area contributed by atoms with Crippen LogP contribution in [0.5, 0.6) is 0 Å². The molecular formula is C19H22N2O3S. The third kappa shape index (κ3) is 4.08. The molecule has 1 aliphatic carbocycles. The molecule has 1 saturated carbocycles. The number of carbonyl (C=O) groups excluding carboxylic acids is 2. The van der Waals surface area contributed by atoms with Gasteiger partial charge in [-0.15, -0.1) is 11.3 Å². The van der Waals surface area contributed by atoms with E-state index in [-0.39, 0.29) is 12.5 Å². The van der Waals surface area contributed by atoms with Gasteiger partial charge < -0.3 is 15.7 Å². The molecule has 132 valence electrons. The number of hydrogen-bond acceptors (Lipinski definition) is 4. The van der Waals surface area contributed by atoms with Crippen molar-refractivity contribution in [1.29, 1.82) is 0 Å². The highest BCUT2D eigenvalue weighted by atomic mass is 32.1. The summed E-state index contributed by atoms with van der Waals surface area (Å²) in [6.45, 7) is 2.09. The van der Waals surface area contributed by atoms with E-state index in [1.165, 1.54) is 11.3 Å². The minimum atomic E-state index is -1.09. The molecule has 1 aliphatic rings. The van der Waals surface area contributed by atoms with Crippen molar-refractivity contribution in [2.45, 2.75) is 31.8 Å². The second-order valence-electron chi connectivity index (χ2n) is 6.36. The predicted octanol–water partition coefficient (Wildman–Crippen LogP) is 2.66. The normalized spacial score (nSPS) is 16.1. The summed E-state index contributed by atoms with van der Waals surface area (Å²) in [5.74, 6) is -1.33. The van der Waals surface area contributed by atoms with E-state index in [4.69, 9.17) is 0 Å². The van der Waals surface area contributed by atoms with E-state index in [0.29, 0.717) is 5.69 Å². The highest BCUT2D eigenvalue weighted by Gasteiger charge is 2.46. The number of hydrogen-bond donors (Lipinski definition) is 3. The van der Waals surface area contributed by atoms with E-state index in [9.17, 15) is 14.7 Å². The third-order valence-corrected chi connectivity index (χ3v) is 5.58. The van der Waals surface area contributed by atoms with Gasteiger partial charge in [-0.25, -0.2) is 0 Å². The zero-order valence-electron chi connectivity index (χ0n) is 14.1. The maximum absolute atomic E-state index is 12.1. The number of carbonyl (C=O) groups is 2. The molecule has 2 aromatic rings. The largest absolute Gasteiger partial charge is 0.382 e. The van der Waals surface area contributed by atoms with Gasteiger partial charge in [0.1, 0.15) is 5.60 Å². The molecule has 0 spiro atoms. The van der Waals surface area contributed by atoms with Crippen molar-refractivity contribution >= 4 is 28.8 Å². The second-order valence-corrected chi connectivity index (χ2v) is 7.31. The van der Waals surface area contributed by atoms with Crippen LogP contribution in [-0.2, 0) is 21.6 Å². The summed E-state index contributed by atoms with van der Waals surface area (Å²) >= 11 is 1.46. The van der Waals surface area contributed by atoms with Gasteiger partial charge in [0.05, 0.1) is 6.54 Å².